The molecule has 0 aromatic carbocycles. The molecule has 142 valence electrons. The Balaban J connectivity index is 1.87. The van der Waals surface area contributed by atoms with E-state index in [0.29, 0.717) is 31.9 Å². The van der Waals surface area contributed by atoms with E-state index in [1.54, 1.807) is 6.07 Å². The zero-order valence-corrected chi connectivity index (χ0v) is 15.7. The number of aromatic nitrogens is 1. The normalized spacial score (nSPS) is 20.0. The molecule has 1 fully saturated rings. The first-order valence-electron chi connectivity index (χ1n) is 8.25. The third-order valence-corrected chi connectivity index (χ3v) is 6.03. The van der Waals surface area contributed by atoms with Gasteiger partial charge < -0.3 is 19.0 Å². The van der Waals surface area contributed by atoms with E-state index in [2.05, 4.69) is 4.90 Å². The Morgan fingerprint density at radius 3 is 2.62 bits per heavy atom. The molecule has 26 heavy (non-hydrogen) atoms. The van der Waals surface area contributed by atoms with E-state index in [0.717, 1.165) is 0 Å². The van der Waals surface area contributed by atoms with E-state index in [1.165, 1.54) is 28.4 Å². The number of nitrogens with zero attached hydrogens (tertiary/aromatic N) is 3. The van der Waals surface area contributed by atoms with Gasteiger partial charge >= 0.3 is 7.12 Å². The summed E-state index contributed by atoms with van der Waals surface area (Å²) in [7, 11) is -3.43. The maximum absolute atomic E-state index is 12.3. The van der Waals surface area contributed by atoms with Crippen molar-refractivity contribution in [3.05, 3.63) is 28.4 Å². The SMILES string of the molecule is CC1CN(S(C)(=O)=O)CCN1Cc1cc2c(=O)n(C)cc(B(O)O)c2o1. The van der Waals surface area contributed by atoms with Gasteiger partial charge in [0.25, 0.3) is 5.56 Å². The van der Waals surface area contributed by atoms with Crippen molar-refractivity contribution >= 4 is 33.6 Å². The van der Waals surface area contributed by atoms with Crippen LogP contribution in [0.2, 0.25) is 0 Å². The van der Waals surface area contributed by atoms with Crippen LogP contribution in [0.1, 0.15) is 12.7 Å². The molecule has 2 N–H and O–H groups in total. The van der Waals surface area contributed by atoms with Crippen molar-refractivity contribution in [1.29, 1.82) is 0 Å². The standard InChI is InChI=1S/C15H22BN3O6S/c1-10-7-19(26(3,23)24)5-4-18(10)8-11-6-12-14(25-11)13(16(21)22)9-17(2)15(12)20/h6,9-10,21-22H,4-5,7-8H2,1-3H3. The van der Waals surface area contributed by atoms with Crippen molar-refractivity contribution in [3.8, 4) is 0 Å². The van der Waals surface area contributed by atoms with Crippen LogP contribution in [0.15, 0.2) is 21.5 Å². The van der Waals surface area contributed by atoms with Gasteiger partial charge in [0.2, 0.25) is 10.0 Å². The number of hydrogen-bond donors (Lipinski definition) is 2. The molecule has 0 amide bonds. The van der Waals surface area contributed by atoms with E-state index in [4.69, 9.17) is 4.42 Å². The highest BCUT2D eigenvalue weighted by molar-refractivity contribution is 7.88. The van der Waals surface area contributed by atoms with Gasteiger partial charge in [0.1, 0.15) is 11.3 Å². The van der Waals surface area contributed by atoms with Crippen molar-refractivity contribution in [3.63, 3.8) is 0 Å². The number of rotatable bonds is 4. The molecule has 1 aliphatic rings. The second kappa shape index (κ2) is 6.82. The van der Waals surface area contributed by atoms with Crippen LogP contribution in [-0.2, 0) is 23.6 Å². The van der Waals surface area contributed by atoms with Crippen molar-refractivity contribution in [1.82, 2.24) is 13.8 Å². The van der Waals surface area contributed by atoms with E-state index >= 15 is 0 Å². The molecule has 0 spiro atoms. The molecule has 2 aromatic heterocycles. The lowest BCUT2D eigenvalue weighted by Crippen LogP contribution is -2.52. The molecule has 9 nitrogen and oxygen atoms in total. The number of hydrogen-bond acceptors (Lipinski definition) is 7. The summed E-state index contributed by atoms with van der Waals surface area (Å²) in [6.45, 7) is 3.66. The van der Waals surface area contributed by atoms with Crippen molar-refractivity contribution in [2.75, 3.05) is 25.9 Å². The van der Waals surface area contributed by atoms with Gasteiger partial charge in [0.05, 0.1) is 18.2 Å². The average Bonchev–Trinajstić information content (AvgIpc) is 2.95. The minimum atomic E-state index is -3.22. The summed E-state index contributed by atoms with van der Waals surface area (Å²) in [5.74, 6) is 0.518. The Hall–Kier alpha value is -1.66. The lowest BCUT2D eigenvalue weighted by Gasteiger charge is -2.38. The van der Waals surface area contributed by atoms with E-state index in [9.17, 15) is 23.3 Å². The molecule has 1 unspecified atom stereocenters. The molecule has 3 heterocycles. The summed E-state index contributed by atoms with van der Waals surface area (Å²) in [6.07, 6.45) is 2.54. The van der Waals surface area contributed by atoms with Gasteiger partial charge in [-0.25, -0.2) is 8.42 Å². The molecular formula is C15H22BN3O6S. The van der Waals surface area contributed by atoms with Gasteiger partial charge in [0, 0.05) is 44.4 Å². The zero-order chi connectivity index (χ0) is 19.2. The van der Waals surface area contributed by atoms with Gasteiger partial charge in [-0.3, -0.25) is 9.69 Å². The number of aryl methyl sites for hydroxylation is 1. The van der Waals surface area contributed by atoms with Crippen LogP contribution in [0.5, 0.6) is 0 Å². The predicted molar refractivity (Wildman–Crippen MR) is 97.6 cm³/mol. The Kier molecular flexibility index (Phi) is 5.01. The summed E-state index contributed by atoms with van der Waals surface area (Å²) >= 11 is 0. The number of furan rings is 1. The third-order valence-electron chi connectivity index (χ3n) is 4.76. The summed E-state index contributed by atoms with van der Waals surface area (Å²) in [5.41, 5.74) is 0.0122. The summed E-state index contributed by atoms with van der Waals surface area (Å²) in [5, 5.41) is 19.3. The van der Waals surface area contributed by atoms with Gasteiger partial charge in [-0.15, -0.1) is 0 Å². The quantitative estimate of drug-likeness (QED) is 0.603. The summed E-state index contributed by atoms with van der Waals surface area (Å²) < 4.78 is 31.8. The smallest absolute Gasteiger partial charge is 0.460 e. The second-order valence-electron chi connectivity index (χ2n) is 6.77. The topological polar surface area (TPSA) is 116 Å². The number of pyridine rings is 1. The Morgan fingerprint density at radius 2 is 2.04 bits per heavy atom. The molecule has 1 saturated heterocycles. The Bertz CT molecular complexity index is 983. The number of sulfonamides is 1. The Labute approximate surface area is 151 Å². The molecule has 0 saturated carbocycles. The van der Waals surface area contributed by atoms with Crippen LogP contribution in [0, 0.1) is 0 Å². The molecule has 1 atom stereocenters. The van der Waals surface area contributed by atoms with E-state index in [-0.39, 0.29) is 28.0 Å². The zero-order valence-electron chi connectivity index (χ0n) is 14.9. The largest absolute Gasteiger partial charge is 0.493 e. The molecule has 0 radical (unpaired) electrons. The molecule has 0 bridgehead atoms. The monoisotopic (exact) mass is 383 g/mol. The average molecular weight is 383 g/mol. The highest BCUT2D eigenvalue weighted by Gasteiger charge is 2.29. The van der Waals surface area contributed by atoms with Gasteiger partial charge in [-0.1, -0.05) is 0 Å². The van der Waals surface area contributed by atoms with Gasteiger partial charge in [-0.2, -0.15) is 4.31 Å². The first-order valence-corrected chi connectivity index (χ1v) is 10.1. The first kappa shape index (κ1) is 19.1. The van der Waals surface area contributed by atoms with Crippen molar-refractivity contribution in [2.45, 2.75) is 19.5 Å². The van der Waals surface area contributed by atoms with Crippen LogP contribution in [0.25, 0.3) is 11.0 Å². The fourth-order valence-corrected chi connectivity index (χ4v) is 4.19. The lowest BCUT2D eigenvalue weighted by atomic mass is 9.81. The Morgan fingerprint density at radius 1 is 1.35 bits per heavy atom. The fraction of sp³-hybridized carbons (Fsp3) is 0.533. The van der Waals surface area contributed by atoms with Crippen molar-refractivity contribution < 1.29 is 22.9 Å². The molecular weight excluding hydrogens is 361 g/mol. The second-order valence-corrected chi connectivity index (χ2v) is 8.75. The molecule has 3 rings (SSSR count). The van der Waals surface area contributed by atoms with Crippen LogP contribution < -0.4 is 11.0 Å². The van der Waals surface area contributed by atoms with Crippen LogP contribution in [-0.4, -0.2) is 71.3 Å². The molecule has 2 aromatic rings. The van der Waals surface area contributed by atoms with E-state index < -0.39 is 17.1 Å². The third kappa shape index (κ3) is 3.58. The van der Waals surface area contributed by atoms with Gasteiger partial charge in [0.15, 0.2) is 0 Å². The first-order chi connectivity index (χ1) is 12.1. The number of fused-ring (bicyclic) bond motifs is 1. The maximum Gasteiger partial charge on any atom is 0.493 e. The lowest BCUT2D eigenvalue weighted by molar-refractivity contribution is 0.115. The van der Waals surface area contributed by atoms with E-state index in [1.807, 2.05) is 6.92 Å². The van der Waals surface area contributed by atoms with Crippen molar-refractivity contribution in [2.24, 2.45) is 7.05 Å². The molecule has 11 heteroatoms. The highest BCUT2D eigenvalue weighted by atomic mass is 32.2. The minimum absolute atomic E-state index is 0.0163. The molecule has 0 aliphatic carbocycles. The summed E-state index contributed by atoms with van der Waals surface area (Å²) in [4.78, 5) is 14.3. The van der Waals surface area contributed by atoms with Crippen LogP contribution in [0.4, 0.5) is 0 Å². The fourth-order valence-electron chi connectivity index (χ4n) is 3.29. The van der Waals surface area contributed by atoms with Crippen LogP contribution >= 0.6 is 0 Å². The van der Waals surface area contributed by atoms with Crippen LogP contribution in [0.3, 0.4) is 0 Å². The van der Waals surface area contributed by atoms with Gasteiger partial charge in [-0.05, 0) is 13.0 Å². The molecule has 1 aliphatic heterocycles. The summed E-state index contributed by atoms with van der Waals surface area (Å²) in [6, 6.07) is 1.59. The minimum Gasteiger partial charge on any atom is -0.460 e. The maximum atomic E-state index is 12.3. The predicted octanol–water partition coefficient (Wildman–Crippen LogP) is -1.72. The number of piperazine rings is 1. The highest BCUT2D eigenvalue weighted by Crippen LogP contribution is 2.20.